The van der Waals surface area contributed by atoms with Crippen LogP contribution in [0.25, 0.3) is 0 Å². The van der Waals surface area contributed by atoms with Crippen LogP contribution in [0.5, 0.6) is 0 Å². The van der Waals surface area contributed by atoms with Gasteiger partial charge in [0.1, 0.15) is 11.5 Å². The van der Waals surface area contributed by atoms with Gasteiger partial charge in [0.05, 0.1) is 0 Å². The lowest BCUT2D eigenvalue weighted by Crippen LogP contribution is -2.38. The zero-order valence-corrected chi connectivity index (χ0v) is 11.9. The smallest absolute Gasteiger partial charge is 0.272 e. The van der Waals surface area contributed by atoms with Gasteiger partial charge in [0.2, 0.25) is 0 Å². The molecule has 19 heavy (non-hydrogen) atoms. The predicted molar refractivity (Wildman–Crippen MR) is 77.4 cm³/mol. The molecule has 2 heterocycles. The quantitative estimate of drug-likeness (QED) is 0.910. The lowest BCUT2D eigenvalue weighted by Gasteiger charge is -2.26. The summed E-state index contributed by atoms with van der Waals surface area (Å²) in [6, 6.07) is 5.91. The third-order valence-corrected chi connectivity index (χ3v) is 3.64. The Labute approximate surface area is 115 Å². The molecule has 1 aromatic rings. The molecule has 0 radical (unpaired) electrons. The van der Waals surface area contributed by atoms with E-state index >= 15 is 0 Å². The fraction of sp³-hybridized carbons (Fsp3) is 0.600. The fourth-order valence-corrected chi connectivity index (χ4v) is 2.56. The van der Waals surface area contributed by atoms with Gasteiger partial charge in [-0.25, -0.2) is 4.98 Å². The summed E-state index contributed by atoms with van der Waals surface area (Å²) < 4.78 is 0. The maximum absolute atomic E-state index is 12.6. The third kappa shape index (κ3) is 3.46. The maximum atomic E-state index is 12.6. The summed E-state index contributed by atoms with van der Waals surface area (Å²) in [7, 11) is 0. The van der Waals surface area contributed by atoms with Crippen LogP contribution in [0.4, 0.5) is 5.82 Å². The number of pyridine rings is 1. The molecule has 1 atom stereocenters. The molecule has 0 aromatic carbocycles. The highest BCUT2D eigenvalue weighted by molar-refractivity contribution is 5.92. The standard InChI is InChI=1S/C15H23N3O/c1-3-16-14-10-7-9-13(17-14)15(19)18-11-6-4-5-8-12(18)2/h7,9-10,12H,3-6,8,11H2,1-2H3,(H,16,17). The third-order valence-electron chi connectivity index (χ3n) is 3.64. The van der Waals surface area contributed by atoms with Gasteiger partial charge in [-0.1, -0.05) is 18.9 Å². The van der Waals surface area contributed by atoms with Crippen molar-refractivity contribution in [3.8, 4) is 0 Å². The molecule has 1 aromatic heterocycles. The highest BCUT2D eigenvalue weighted by Gasteiger charge is 2.23. The zero-order chi connectivity index (χ0) is 13.7. The van der Waals surface area contributed by atoms with Crippen LogP contribution < -0.4 is 5.32 Å². The number of rotatable bonds is 3. The number of hydrogen-bond acceptors (Lipinski definition) is 3. The normalized spacial score (nSPS) is 19.9. The molecule has 1 unspecified atom stereocenters. The second kappa shape index (κ2) is 6.55. The summed E-state index contributed by atoms with van der Waals surface area (Å²) >= 11 is 0. The van der Waals surface area contributed by atoms with Gasteiger partial charge in [0.25, 0.3) is 5.91 Å². The van der Waals surface area contributed by atoms with Crippen molar-refractivity contribution in [3.05, 3.63) is 23.9 Å². The van der Waals surface area contributed by atoms with Crippen molar-refractivity contribution < 1.29 is 4.79 Å². The van der Waals surface area contributed by atoms with E-state index < -0.39 is 0 Å². The van der Waals surface area contributed by atoms with Crippen LogP contribution in [0.2, 0.25) is 0 Å². The van der Waals surface area contributed by atoms with E-state index in [1.165, 1.54) is 12.8 Å². The molecule has 0 saturated carbocycles. The van der Waals surface area contributed by atoms with Gasteiger partial charge in [-0.05, 0) is 38.8 Å². The Hall–Kier alpha value is -1.58. The van der Waals surface area contributed by atoms with Gasteiger partial charge < -0.3 is 10.2 Å². The number of hydrogen-bond donors (Lipinski definition) is 1. The van der Waals surface area contributed by atoms with Crippen LogP contribution >= 0.6 is 0 Å². The Kier molecular flexibility index (Phi) is 4.77. The minimum atomic E-state index is 0.0640. The largest absolute Gasteiger partial charge is 0.370 e. The molecule has 0 spiro atoms. The lowest BCUT2D eigenvalue weighted by molar-refractivity contribution is 0.0692. The molecule has 4 nitrogen and oxygen atoms in total. The van der Waals surface area contributed by atoms with E-state index in [4.69, 9.17) is 0 Å². The van der Waals surface area contributed by atoms with Crippen LogP contribution in [0.1, 0.15) is 50.0 Å². The van der Waals surface area contributed by atoms with Gasteiger partial charge in [-0.2, -0.15) is 0 Å². The molecule has 1 aliphatic rings. The Morgan fingerprint density at radius 3 is 3.05 bits per heavy atom. The number of amides is 1. The number of nitrogens with zero attached hydrogens (tertiary/aromatic N) is 2. The van der Waals surface area contributed by atoms with Crippen molar-refractivity contribution in [1.29, 1.82) is 0 Å². The van der Waals surface area contributed by atoms with Crippen molar-refractivity contribution in [1.82, 2.24) is 9.88 Å². The summed E-state index contributed by atoms with van der Waals surface area (Å²) in [5.41, 5.74) is 0.548. The first-order chi connectivity index (χ1) is 9.22. The predicted octanol–water partition coefficient (Wildman–Crippen LogP) is 2.92. The summed E-state index contributed by atoms with van der Waals surface area (Å²) in [4.78, 5) is 18.9. The van der Waals surface area contributed by atoms with Crippen LogP contribution in [-0.4, -0.2) is 34.9 Å². The summed E-state index contributed by atoms with van der Waals surface area (Å²) in [5.74, 6) is 0.838. The number of carbonyl (C=O) groups is 1. The van der Waals surface area contributed by atoms with Gasteiger partial charge in [-0.3, -0.25) is 4.79 Å². The average molecular weight is 261 g/mol. The average Bonchev–Trinajstić information content (AvgIpc) is 2.63. The van der Waals surface area contributed by atoms with Gasteiger partial charge in [0.15, 0.2) is 0 Å². The Morgan fingerprint density at radius 2 is 2.26 bits per heavy atom. The summed E-state index contributed by atoms with van der Waals surface area (Å²) in [5, 5.41) is 3.15. The van der Waals surface area contributed by atoms with Crippen molar-refractivity contribution in [2.75, 3.05) is 18.4 Å². The van der Waals surface area contributed by atoms with E-state index in [2.05, 4.69) is 17.2 Å². The molecule has 0 aliphatic carbocycles. The van der Waals surface area contributed by atoms with Crippen LogP contribution in [0.3, 0.4) is 0 Å². The Bertz CT molecular complexity index is 433. The van der Waals surface area contributed by atoms with Crippen molar-refractivity contribution in [3.63, 3.8) is 0 Å². The first-order valence-electron chi connectivity index (χ1n) is 7.24. The molecule has 2 rings (SSSR count). The van der Waals surface area contributed by atoms with Gasteiger partial charge in [0, 0.05) is 19.1 Å². The molecule has 1 fully saturated rings. The number of likely N-dealkylation sites (tertiary alicyclic amines) is 1. The molecule has 1 amide bonds. The van der Waals surface area contributed by atoms with E-state index in [1.54, 1.807) is 6.07 Å². The second-order valence-corrected chi connectivity index (χ2v) is 5.14. The SMILES string of the molecule is CCNc1cccc(C(=O)N2CCCCCC2C)n1. The van der Waals surface area contributed by atoms with Gasteiger partial charge >= 0.3 is 0 Å². The number of nitrogens with one attached hydrogen (secondary N) is 1. The molecule has 1 N–H and O–H groups in total. The van der Waals surface area contributed by atoms with Crippen LogP contribution in [0, 0.1) is 0 Å². The monoisotopic (exact) mass is 261 g/mol. The molecule has 0 bridgehead atoms. The summed E-state index contributed by atoms with van der Waals surface area (Å²) in [6.45, 7) is 5.82. The first-order valence-corrected chi connectivity index (χ1v) is 7.24. The van der Waals surface area contributed by atoms with E-state index in [0.29, 0.717) is 11.7 Å². The van der Waals surface area contributed by atoms with Crippen molar-refractivity contribution >= 4 is 11.7 Å². The second-order valence-electron chi connectivity index (χ2n) is 5.14. The number of carbonyl (C=O) groups excluding carboxylic acids is 1. The molecular weight excluding hydrogens is 238 g/mol. The van der Waals surface area contributed by atoms with Crippen LogP contribution in [-0.2, 0) is 0 Å². The van der Waals surface area contributed by atoms with Gasteiger partial charge in [-0.15, -0.1) is 0 Å². The van der Waals surface area contributed by atoms with Crippen molar-refractivity contribution in [2.45, 2.75) is 45.6 Å². The van der Waals surface area contributed by atoms with E-state index in [-0.39, 0.29) is 5.91 Å². The highest BCUT2D eigenvalue weighted by atomic mass is 16.2. The van der Waals surface area contributed by atoms with E-state index in [0.717, 1.165) is 31.7 Å². The first kappa shape index (κ1) is 13.8. The molecule has 104 valence electrons. The Balaban J connectivity index is 2.15. The Morgan fingerprint density at radius 1 is 1.42 bits per heavy atom. The zero-order valence-electron chi connectivity index (χ0n) is 11.9. The molecule has 4 heteroatoms. The topological polar surface area (TPSA) is 45.2 Å². The van der Waals surface area contributed by atoms with E-state index in [9.17, 15) is 4.79 Å². The molecule has 1 aliphatic heterocycles. The summed E-state index contributed by atoms with van der Waals surface area (Å²) in [6.07, 6.45) is 4.64. The maximum Gasteiger partial charge on any atom is 0.272 e. The fourth-order valence-electron chi connectivity index (χ4n) is 2.56. The minimum Gasteiger partial charge on any atom is -0.370 e. The molecular formula is C15H23N3O. The van der Waals surface area contributed by atoms with E-state index in [1.807, 2.05) is 24.0 Å². The highest BCUT2D eigenvalue weighted by Crippen LogP contribution is 2.18. The molecule has 1 saturated heterocycles. The number of anilines is 1. The lowest BCUT2D eigenvalue weighted by atomic mass is 10.1. The number of aromatic nitrogens is 1. The van der Waals surface area contributed by atoms with Crippen LogP contribution in [0.15, 0.2) is 18.2 Å². The minimum absolute atomic E-state index is 0.0640. The van der Waals surface area contributed by atoms with Crippen molar-refractivity contribution in [2.24, 2.45) is 0 Å².